The van der Waals surface area contributed by atoms with Gasteiger partial charge in [-0.1, -0.05) is 12.1 Å². The van der Waals surface area contributed by atoms with Gasteiger partial charge < -0.3 is 10.1 Å². The summed E-state index contributed by atoms with van der Waals surface area (Å²) in [6.07, 6.45) is -0.401. The molecule has 0 unspecified atom stereocenters. The standard InChI is InChI=1S/C17H15FN2O2S/c1-22-15(11-3-2-4-13(18)7-11)9-19-17(21)12-5-6-14-16(8-12)23-10-20-14/h2-8,10,15H,9H2,1H3,(H,19,21)/t15-/m0/s1. The molecule has 0 radical (unpaired) electrons. The molecule has 0 saturated carbocycles. The summed E-state index contributed by atoms with van der Waals surface area (Å²) < 4.78 is 19.6. The maximum Gasteiger partial charge on any atom is 0.251 e. The van der Waals surface area contributed by atoms with Crippen molar-refractivity contribution in [1.82, 2.24) is 10.3 Å². The predicted molar refractivity (Wildman–Crippen MR) is 88.1 cm³/mol. The number of nitrogens with one attached hydrogen (secondary N) is 1. The molecule has 4 nitrogen and oxygen atoms in total. The van der Waals surface area contributed by atoms with Crippen LogP contribution < -0.4 is 5.32 Å². The van der Waals surface area contributed by atoms with Crippen molar-refractivity contribution in [2.45, 2.75) is 6.10 Å². The second-order valence-electron chi connectivity index (χ2n) is 5.02. The third-order valence-electron chi connectivity index (χ3n) is 3.55. The number of hydrogen-bond donors (Lipinski definition) is 1. The van der Waals surface area contributed by atoms with E-state index in [0.717, 1.165) is 10.2 Å². The van der Waals surface area contributed by atoms with Crippen LogP contribution in [0.15, 0.2) is 48.0 Å². The van der Waals surface area contributed by atoms with Gasteiger partial charge in [-0.15, -0.1) is 11.3 Å². The number of rotatable bonds is 5. The highest BCUT2D eigenvalue weighted by atomic mass is 32.1. The number of carbonyl (C=O) groups is 1. The van der Waals surface area contributed by atoms with E-state index in [-0.39, 0.29) is 18.3 Å². The summed E-state index contributed by atoms with van der Waals surface area (Å²) in [4.78, 5) is 16.5. The molecular formula is C17H15FN2O2S. The minimum atomic E-state index is -0.401. The van der Waals surface area contributed by atoms with E-state index in [2.05, 4.69) is 10.3 Å². The SMILES string of the molecule is CO[C@@H](CNC(=O)c1ccc2ncsc2c1)c1cccc(F)c1. The van der Waals surface area contributed by atoms with E-state index in [1.165, 1.54) is 30.6 Å². The Morgan fingerprint density at radius 2 is 2.22 bits per heavy atom. The lowest BCUT2D eigenvalue weighted by Crippen LogP contribution is -2.29. The number of halogens is 1. The summed E-state index contributed by atoms with van der Waals surface area (Å²) in [7, 11) is 1.53. The summed E-state index contributed by atoms with van der Waals surface area (Å²) in [6.45, 7) is 0.263. The van der Waals surface area contributed by atoms with Gasteiger partial charge in [-0.25, -0.2) is 9.37 Å². The van der Waals surface area contributed by atoms with E-state index < -0.39 is 6.10 Å². The van der Waals surface area contributed by atoms with Crippen LogP contribution in [0.25, 0.3) is 10.2 Å². The number of fused-ring (bicyclic) bond motifs is 1. The number of amides is 1. The van der Waals surface area contributed by atoms with Crippen LogP contribution >= 0.6 is 11.3 Å². The van der Waals surface area contributed by atoms with E-state index in [1.54, 1.807) is 23.7 Å². The Labute approximate surface area is 136 Å². The normalized spacial score (nSPS) is 12.3. The smallest absolute Gasteiger partial charge is 0.251 e. The zero-order valence-electron chi connectivity index (χ0n) is 12.5. The molecule has 0 fully saturated rings. The molecule has 23 heavy (non-hydrogen) atoms. The van der Waals surface area contributed by atoms with Gasteiger partial charge in [0.05, 0.1) is 21.8 Å². The molecule has 0 aliphatic carbocycles. The van der Waals surface area contributed by atoms with Gasteiger partial charge in [-0.2, -0.15) is 0 Å². The van der Waals surface area contributed by atoms with Gasteiger partial charge in [0.2, 0.25) is 0 Å². The highest BCUT2D eigenvalue weighted by Gasteiger charge is 2.14. The monoisotopic (exact) mass is 330 g/mol. The van der Waals surface area contributed by atoms with Gasteiger partial charge in [0.15, 0.2) is 0 Å². The van der Waals surface area contributed by atoms with Crippen LogP contribution in [-0.4, -0.2) is 24.5 Å². The molecule has 1 atom stereocenters. The molecule has 1 aromatic heterocycles. The predicted octanol–water partition coefficient (Wildman–Crippen LogP) is 3.55. The fourth-order valence-corrected chi connectivity index (χ4v) is 3.04. The van der Waals surface area contributed by atoms with Gasteiger partial charge in [-0.3, -0.25) is 4.79 Å². The molecule has 1 amide bonds. The summed E-state index contributed by atoms with van der Waals surface area (Å²) in [5, 5.41) is 2.82. The quantitative estimate of drug-likeness (QED) is 0.778. The number of benzene rings is 2. The van der Waals surface area contributed by atoms with E-state index >= 15 is 0 Å². The fourth-order valence-electron chi connectivity index (χ4n) is 2.33. The molecule has 118 valence electrons. The zero-order valence-corrected chi connectivity index (χ0v) is 13.3. The molecule has 3 rings (SSSR count). The van der Waals surface area contributed by atoms with Gasteiger partial charge in [-0.05, 0) is 35.9 Å². The van der Waals surface area contributed by atoms with Crippen molar-refractivity contribution in [2.75, 3.05) is 13.7 Å². The van der Waals surface area contributed by atoms with Crippen molar-refractivity contribution in [3.8, 4) is 0 Å². The van der Waals surface area contributed by atoms with Crippen LogP contribution in [0.1, 0.15) is 22.0 Å². The highest BCUT2D eigenvalue weighted by Crippen LogP contribution is 2.20. The van der Waals surface area contributed by atoms with E-state index in [4.69, 9.17) is 4.74 Å². The first kappa shape index (κ1) is 15.6. The molecule has 0 aliphatic rings. The number of thiazole rings is 1. The van der Waals surface area contributed by atoms with Gasteiger partial charge >= 0.3 is 0 Å². The van der Waals surface area contributed by atoms with Crippen molar-refractivity contribution >= 4 is 27.5 Å². The Balaban J connectivity index is 1.69. The topological polar surface area (TPSA) is 51.2 Å². The first-order valence-electron chi connectivity index (χ1n) is 7.07. The van der Waals surface area contributed by atoms with Crippen molar-refractivity contribution in [1.29, 1.82) is 0 Å². The Bertz CT molecular complexity index is 834. The molecule has 0 aliphatic heterocycles. The number of methoxy groups -OCH3 is 1. The van der Waals surface area contributed by atoms with Crippen molar-refractivity contribution in [3.63, 3.8) is 0 Å². The third-order valence-corrected chi connectivity index (χ3v) is 4.34. The zero-order chi connectivity index (χ0) is 16.2. The van der Waals surface area contributed by atoms with Crippen molar-refractivity contribution in [2.24, 2.45) is 0 Å². The maximum absolute atomic E-state index is 13.3. The summed E-state index contributed by atoms with van der Waals surface area (Å²) >= 11 is 1.49. The van der Waals surface area contributed by atoms with Crippen LogP contribution in [0.2, 0.25) is 0 Å². The highest BCUT2D eigenvalue weighted by molar-refractivity contribution is 7.16. The van der Waals surface area contributed by atoms with E-state index in [1.807, 2.05) is 12.1 Å². The summed E-state index contributed by atoms with van der Waals surface area (Å²) in [5.74, 6) is -0.523. The number of nitrogens with zero attached hydrogens (tertiary/aromatic N) is 1. The Kier molecular flexibility index (Phi) is 4.64. The Morgan fingerprint density at radius 1 is 1.35 bits per heavy atom. The van der Waals surface area contributed by atoms with Crippen LogP contribution in [0.3, 0.4) is 0 Å². The lowest BCUT2D eigenvalue weighted by molar-refractivity contribution is 0.0827. The molecule has 3 aromatic rings. The number of carbonyl (C=O) groups excluding carboxylic acids is 1. The van der Waals surface area contributed by atoms with Crippen molar-refractivity contribution in [3.05, 3.63) is 64.9 Å². The number of hydrogen-bond acceptors (Lipinski definition) is 4. The molecule has 0 saturated heterocycles. The van der Waals surface area contributed by atoms with Gasteiger partial charge in [0.1, 0.15) is 5.82 Å². The molecule has 0 bridgehead atoms. The molecule has 1 heterocycles. The minimum Gasteiger partial charge on any atom is -0.375 e. The second kappa shape index (κ2) is 6.85. The second-order valence-corrected chi connectivity index (χ2v) is 5.91. The number of ether oxygens (including phenoxy) is 1. The fraction of sp³-hybridized carbons (Fsp3) is 0.176. The maximum atomic E-state index is 13.3. The average Bonchev–Trinajstić information content (AvgIpc) is 3.03. The number of aromatic nitrogens is 1. The van der Waals surface area contributed by atoms with Crippen LogP contribution in [0.5, 0.6) is 0 Å². The molecular weight excluding hydrogens is 315 g/mol. The van der Waals surface area contributed by atoms with E-state index in [9.17, 15) is 9.18 Å². The Hall–Kier alpha value is -2.31. The van der Waals surface area contributed by atoms with Crippen LogP contribution in [-0.2, 0) is 4.74 Å². The summed E-state index contributed by atoms with van der Waals surface area (Å²) in [5.41, 5.74) is 3.87. The van der Waals surface area contributed by atoms with Gasteiger partial charge in [0, 0.05) is 19.2 Å². The van der Waals surface area contributed by atoms with E-state index in [0.29, 0.717) is 11.1 Å². The molecule has 6 heteroatoms. The van der Waals surface area contributed by atoms with Gasteiger partial charge in [0.25, 0.3) is 5.91 Å². The van der Waals surface area contributed by atoms with Crippen LogP contribution in [0, 0.1) is 5.82 Å². The van der Waals surface area contributed by atoms with Crippen molar-refractivity contribution < 1.29 is 13.9 Å². The Morgan fingerprint density at radius 3 is 3.00 bits per heavy atom. The first-order valence-corrected chi connectivity index (χ1v) is 7.95. The third kappa shape index (κ3) is 3.55. The first-order chi connectivity index (χ1) is 11.2. The lowest BCUT2D eigenvalue weighted by Gasteiger charge is -2.16. The molecule has 1 N–H and O–H groups in total. The van der Waals surface area contributed by atoms with Crippen LogP contribution in [0.4, 0.5) is 4.39 Å². The summed E-state index contributed by atoms with van der Waals surface area (Å²) in [6, 6.07) is 11.5. The molecule has 0 spiro atoms. The minimum absolute atomic E-state index is 0.196. The largest absolute Gasteiger partial charge is 0.375 e. The average molecular weight is 330 g/mol. The lowest BCUT2D eigenvalue weighted by atomic mass is 10.1. The molecule has 2 aromatic carbocycles.